The maximum absolute atomic E-state index is 12.9. The molecule has 0 spiro atoms. The molecule has 28 heavy (non-hydrogen) atoms. The molecule has 2 aromatic carbocycles. The Bertz CT molecular complexity index is 823. The average Bonchev–Trinajstić information content (AvgIpc) is 3.04. The van der Waals surface area contributed by atoms with Crippen molar-refractivity contribution in [3.63, 3.8) is 0 Å². The highest BCUT2D eigenvalue weighted by Gasteiger charge is 2.37. The molecular weight excluding hydrogens is 379 g/mol. The van der Waals surface area contributed by atoms with Crippen LogP contribution in [0.3, 0.4) is 0 Å². The van der Waals surface area contributed by atoms with Gasteiger partial charge in [-0.05, 0) is 61.1 Å². The summed E-state index contributed by atoms with van der Waals surface area (Å²) >= 11 is 5.95. The number of carbonyl (C=O) groups is 2. The summed E-state index contributed by atoms with van der Waals surface area (Å²) in [6.45, 7) is 0.501. The maximum atomic E-state index is 12.9. The number of carbonyl (C=O) groups excluding carboxylic acids is 2. The molecule has 2 N–H and O–H groups in total. The molecule has 1 heterocycles. The fourth-order valence-corrected chi connectivity index (χ4v) is 3.74. The van der Waals surface area contributed by atoms with E-state index in [9.17, 15) is 14.0 Å². The van der Waals surface area contributed by atoms with E-state index in [0.29, 0.717) is 43.7 Å². The van der Waals surface area contributed by atoms with Crippen molar-refractivity contribution in [2.24, 2.45) is 0 Å². The van der Waals surface area contributed by atoms with E-state index in [2.05, 4.69) is 10.6 Å². The minimum Gasteiger partial charge on any atom is -0.356 e. The third kappa shape index (κ3) is 5.80. The lowest BCUT2D eigenvalue weighted by atomic mass is 9.85. The molecule has 0 radical (unpaired) electrons. The predicted molar refractivity (Wildman–Crippen MR) is 108 cm³/mol. The van der Waals surface area contributed by atoms with Crippen molar-refractivity contribution in [3.8, 4) is 0 Å². The van der Waals surface area contributed by atoms with Gasteiger partial charge in [0.1, 0.15) is 5.82 Å². The number of benzene rings is 2. The molecule has 0 saturated carbocycles. The van der Waals surface area contributed by atoms with Crippen LogP contribution >= 0.6 is 11.6 Å². The van der Waals surface area contributed by atoms with Gasteiger partial charge in [-0.1, -0.05) is 35.9 Å². The largest absolute Gasteiger partial charge is 0.356 e. The molecule has 4 nitrogen and oxygen atoms in total. The van der Waals surface area contributed by atoms with Crippen molar-refractivity contribution in [1.82, 2.24) is 10.6 Å². The van der Waals surface area contributed by atoms with Crippen molar-refractivity contribution in [1.29, 1.82) is 0 Å². The van der Waals surface area contributed by atoms with Gasteiger partial charge >= 0.3 is 0 Å². The van der Waals surface area contributed by atoms with E-state index < -0.39 is 0 Å². The van der Waals surface area contributed by atoms with Crippen LogP contribution in [0.2, 0.25) is 5.02 Å². The van der Waals surface area contributed by atoms with Crippen LogP contribution in [-0.4, -0.2) is 23.9 Å². The third-order valence-corrected chi connectivity index (χ3v) is 5.42. The summed E-state index contributed by atoms with van der Waals surface area (Å²) in [5.41, 5.74) is 1.67. The first-order chi connectivity index (χ1) is 13.4. The van der Waals surface area contributed by atoms with E-state index in [1.54, 1.807) is 12.1 Å². The number of hydrogen-bond acceptors (Lipinski definition) is 2. The second-order valence-electron chi connectivity index (χ2n) is 7.36. The summed E-state index contributed by atoms with van der Waals surface area (Å²) in [7, 11) is 0. The number of nitrogens with one attached hydrogen (secondary N) is 2. The molecule has 1 aliphatic heterocycles. The standard InChI is InChI=1S/C22H24ClFN2O2/c23-18-5-1-17(2-6-18)15-22(13-10-21(28)26-22)12-9-20(27)25-14-11-16-3-7-19(24)8-4-16/h1-8H,9-15H2,(H,25,27)(H,26,28)/t22-/m1/s1. The number of hydrogen-bond donors (Lipinski definition) is 2. The highest BCUT2D eigenvalue weighted by molar-refractivity contribution is 6.30. The van der Waals surface area contributed by atoms with Crippen molar-refractivity contribution in [3.05, 3.63) is 70.5 Å². The summed E-state index contributed by atoms with van der Waals surface area (Å²) in [4.78, 5) is 24.1. The lowest BCUT2D eigenvalue weighted by Crippen LogP contribution is -2.44. The maximum Gasteiger partial charge on any atom is 0.220 e. The Labute approximate surface area is 169 Å². The van der Waals surface area contributed by atoms with Gasteiger partial charge in [0.05, 0.1) is 0 Å². The molecule has 3 rings (SSSR count). The van der Waals surface area contributed by atoms with Crippen LogP contribution < -0.4 is 10.6 Å². The molecule has 0 unspecified atom stereocenters. The summed E-state index contributed by atoms with van der Waals surface area (Å²) in [6, 6.07) is 13.9. The monoisotopic (exact) mass is 402 g/mol. The zero-order valence-electron chi connectivity index (χ0n) is 15.6. The molecule has 0 bridgehead atoms. The molecule has 2 amide bonds. The predicted octanol–water partition coefficient (Wildman–Crippen LogP) is 3.81. The Kier molecular flexibility index (Phi) is 6.68. The topological polar surface area (TPSA) is 58.2 Å². The average molecular weight is 403 g/mol. The normalized spacial score (nSPS) is 18.7. The Morgan fingerprint density at radius 3 is 2.43 bits per heavy atom. The van der Waals surface area contributed by atoms with Gasteiger partial charge < -0.3 is 10.6 Å². The second kappa shape index (κ2) is 9.20. The van der Waals surface area contributed by atoms with Crippen LogP contribution in [-0.2, 0) is 22.4 Å². The Morgan fingerprint density at radius 2 is 1.79 bits per heavy atom. The molecule has 148 valence electrons. The van der Waals surface area contributed by atoms with Gasteiger partial charge in [-0.25, -0.2) is 4.39 Å². The van der Waals surface area contributed by atoms with Gasteiger partial charge in [0.15, 0.2) is 0 Å². The fraction of sp³-hybridized carbons (Fsp3) is 0.364. The van der Waals surface area contributed by atoms with Crippen LogP contribution in [0, 0.1) is 5.82 Å². The molecule has 1 aliphatic rings. The Morgan fingerprint density at radius 1 is 1.11 bits per heavy atom. The van der Waals surface area contributed by atoms with Crippen molar-refractivity contribution in [2.45, 2.75) is 44.1 Å². The lowest BCUT2D eigenvalue weighted by Gasteiger charge is -2.29. The van der Waals surface area contributed by atoms with Crippen LogP contribution in [0.5, 0.6) is 0 Å². The van der Waals surface area contributed by atoms with E-state index in [0.717, 1.165) is 17.5 Å². The number of amides is 2. The van der Waals surface area contributed by atoms with Gasteiger partial charge in [0.25, 0.3) is 0 Å². The highest BCUT2D eigenvalue weighted by Crippen LogP contribution is 2.30. The van der Waals surface area contributed by atoms with Crippen LogP contribution in [0.25, 0.3) is 0 Å². The van der Waals surface area contributed by atoms with E-state index in [1.165, 1.54) is 12.1 Å². The zero-order chi connectivity index (χ0) is 20.0. The lowest BCUT2D eigenvalue weighted by molar-refractivity contribution is -0.122. The molecule has 0 aromatic heterocycles. The van der Waals surface area contributed by atoms with Crippen LogP contribution in [0.1, 0.15) is 36.8 Å². The van der Waals surface area contributed by atoms with Gasteiger partial charge in [0, 0.05) is 29.9 Å². The third-order valence-electron chi connectivity index (χ3n) is 5.17. The van der Waals surface area contributed by atoms with E-state index in [-0.39, 0.29) is 23.2 Å². The minimum absolute atomic E-state index is 0.0330. The summed E-state index contributed by atoms with van der Waals surface area (Å²) in [5, 5.41) is 6.67. The summed E-state index contributed by atoms with van der Waals surface area (Å²) in [5.74, 6) is -0.276. The molecule has 1 saturated heterocycles. The quantitative estimate of drug-likeness (QED) is 0.705. The van der Waals surface area contributed by atoms with E-state index in [4.69, 9.17) is 11.6 Å². The van der Waals surface area contributed by atoms with Crippen LogP contribution in [0.4, 0.5) is 4.39 Å². The Balaban J connectivity index is 1.50. The van der Waals surface area contributed by atoms with E-state index >= 15 is 0 Å². The van der Waals surface area contributed by atoms with Crippen LogP contribution in [0.15, 0.2) is 48.5 Å². The highest BCUT2D eigenvalue weighted by atomic mass is 35.5. The van der Waals surface area contributed by atoms with Gasteiger partial charge in [0.2, 0.25) is 11.8 Å². The molecular formula is C22H24ClFN2O2. The van der Waals surface area contributed by atoms with Gasteiger partial charge in [-0.3, -0.25) is 9.59 Å². The van der Waals surface area contributed by atoms with Crippen molar-refractivity contribution in [2.75, 3.05) is 6.54 Å². The molecule has 1 atom stereocenters. The summed E-state index contributed by atoms with van der Waals surface area (Å²) < 4.78 is 12.9. The summed E-state index contributed by atoms with van der Waals surface area (Å²) in [6.07, 6.45) is 3.47. The Hall–Kier alpha value is -2.40. The first-order valence-corrected chi connectivity index (χ1v) is 9.89. The van der Waals surface area contributed by atoms with Gasteiger partial charge in [-0.2, -0.15) is 0 Å². The SMILES string of the molecule is O=C(CC[C@]1(Cc2ccc(Cl)cc2)CCC(=O)N1)NCCc1ccc(F)cc1. The first-order valence-electron chi connectivity index (χ1n) is 9.51. The van der Waals surface area contributed by atoms with E-state index in [1.807, 2.05) is 24.3 Å². The van der Waals surface area contributed by atoms with Gasteiger partial charge in [-0.15, -0.1) is 0 Å². The first kappa shape index (κ1) is 20.3. The molecule has 2 aromatic rings. The number of halogens is 2. The van der Waals surface area contributed by atoms with Crippen molar-refractivity contribution < 1.29 is 14.0 Å². The zero-order valence-corrected chi connectivity index (χ0v) is 16.4. The smallest absolute Gasteiger partial charge is 0.220 e. The van der Waals surface area contributed by atoms with Crippen molar-refractivity contribution >= 4 is 23.4 Å². The minimum atomic E-state index is -0.390. The fourth-order valence-electron chi connectivity index (χ4n) is 3.61. The molecule has 0 aliphatic carbocycles. The number of rotatable bonds is 8. The molecule has 6 heteroatoms. The molecule has 1 fully saturated rings. The second-order valence-corrected chi connectivity index (χ2v) is 7.79.